The number of ether oxygens (including phenoxy) is 1. The molecule has 2 aromatic heterocycles. The minimum Gasteiger partial charge on any atom is -0.377 e. The number of Topliss-reactive ketones (excluding diaryl/α,β-unsaturated/α-hetero) is 1. The number of ketones is 1. The lowest BCUT2D eigenvalue weighted by atomic mass is 9.78. The van der Waals surface area contributed by atoms with E-state index in [1.807, 2.05) is 41.7 Å². The zero-order valence-electron chi connectivity index (χ0n) is 21.0. The summed E-state index contributed by atoms with van der Waals surface area (Å²) in [7, 11) is 0. The van der Waals surface area contributed by atoms with Gasteiger partial charge in [0.2, 0.25) is 0 Å². The van der Waals surface area contributed by atoms with Crippen molar-refractivity contribution in [3.05, 3.63) is 63.7 Å². The van der Waals surface area contributed by atoms with Crippen molar-refractivity contribution in [2.45, 2.75) is 57.9 Å². The standard InChI is InChI=1S/C30H35N3O2S/c34-28(25-3-1-5-26-24(25)4-2-14-31-26)19-22-8-6-21(7-9-22)10-15-33-16-11-29-27(20-33)32-30(36-29)23-12-17-35-18-13-23/h1-5,12,14,21-22H,6-11,13,15-20H2. The molecule has 0 amide bonds. The number of benzene rings is 1. The molecule has 0 unspecified atom stereocenters. The Hall–Kier alpha value is -2.41. The van der Waals surface area contributed by atoms with Gasteiger partial charge in [-0.3, -0.25) is 14.7 Å². The SMILES string of the molecule is O=C(CC1CCC(CCN2CCc3sc(C4=CCOCC4)nc3C2)CC1)c1cccc2ncccc12. The van der Waals surface area contributed by atoms with E-state index in [1.165, 1.54) is 59.8 Å². The molecular weight excluding hydrogens is 466 g/mol. The topological polar surface area (TPSA) is 55.3 Å². The number of pyridine rings is 1. The molecule has 188 valence electrons. The number of rotatable bonds is 7. The Balaban J connectivity index is 0.972. The molecule has 4 heterocycles. The maximum Gasteiger partial charge on any atom is 0.163 e. The summed E-state index contributed by atoms with van der Waals surface area (Å²) in [6, 6.07) is 9.85. The van der Waals surface area contributed by atoms with Gasteiger partial charge >= 0.3 is 0 Å². The number of aromatic nitrogens is 2. The zero-order chi connectivity index (χ0) is 24.3. The molecule has 1 fully saturated rings. The predicted octanol–water partition coefficient (Wildman–Crippen LogP) is 6.32. The summed E-state index contributed by atoms with van der Waals surface area (Å²) in [4.78, 5) is 26.6. The first-order valence-corrected chi connectivity index (χ1v) is 14.4. The van der Waals surface area contributed by atoms with Crippen molar-refractivity contribution in [3.8, 4) is 0 Å². The summed E-state index contributed by atoms with van der Waals surface area (Å²) < 4.78 is 5.46. The molecule has 5 nitrogen and oxygen atoms in total. The fourth-order valence-corrected chi connectivity index (χ4v) is 7.24. The summed E-state index contributed by atoms with van der Waals surface area (Å²) in [5, 5.41) is 2.21. The molecule has 0 atom stereocenters. The first-order valence-electron chi connectivity index (χ1n) is 13.6. The van der Waals surface area contributed by atoms with Crippen LogP contribution < -0.4 is 0 Å². The Labute approximate surface area is 217 Å². The molecular formula is C30H35N3O2S. The van der Waals surface area contributed by atoms with Crippen LogP contribution in [0.5, 0.6) is 0 Å². The zero-order valence-corrected chi connectivity index (χ0v) is 21.8. The van der Waals surface area contributed by atoms with Gasteiger partial charge in [0.1, 0.15) is 5.01 Å². The average Bonchev–Trinajstić information content (AvgIpc) is 3.36. The molecule has 1 aromatic carbocycles. The molecule has 6 rings (SSSR count). The van der Waals surface area contributed by atoms with Gasteiger partial charge in [0, 0.05) is 41.5 Å². The fourth-order valence-electron chi connectivity index (χ4n) is 6.11. The summed E-state index contributed by atoms with van der Waals surface area (Å²) in [6.07, 6.45) is 12.9. The van der Waals surface area contributed by atoms with Crippen molar-refractivity contribution in [1.29, 1.82) is 0 Å². The molecule has 3 aliphatic rings. The number of fused-ring (bicyclic) bond motifs is 2. The van der Waals surface area contributed by atoms with E-state index in [2.05, 4.69) is 16.0 Å². The van der Waals surface area contributed by atoms with E-state index in [9.17, 15) is 4.79 Å². The second-order valence-electron chi connectivity index (χ2n) is 10.6. The third-order valence-corrected chi connectivity index (χ3v) is 9.52. The van der Waals surface area contributed by atoms with Crippen molar-refractivity contribution in [3.63, 3.8) is 0 Å². The minimum atomic E-state index is 0.278. The van der Waals surface area contributed by atoms with Gasteiger partial charge in [0.15, 0.2) is 5.78 Å². The monoisotopic (exact) mass is 501 g/mol. The second-order valence-corrected chi connectivity index (χ2v) is 11.7. The lowest BCUT2D eigenvalue weighted by molar-refractivity contribution is 0.0941. The van der Waals surface area contributed by atoms with Crippen LogP contribution in [-0.4, -0.2) is 47.0 Å². The molecule has 0 spiro atoms. The van der Waals surface area contributed by atoms with Crippen LogP contribution in [0.1, 0.15) is 70.9 Å². The molecule has 3 aromatic rings. The molecule has 1 aliphatic carbocycles. The summed E-state index contributed by atoms with van der Waals surface area (Å²) >= 11 is 1.90. The van der Waals surface area contributed by atoms with Crippen LogP contribution in [-0.2, 0) is 17.7 Å². The molecule has 1 saturated carbocycles. The van der Waals surface area contributed by atoms with Gasteiger partial charge in [-0.1, -0.05) is 37.1 Å². The third-order valence-electron chi connectivity index (χ3n) is 8.28. The number of nitrogens with zero attached hydrogens (tertiary/aromatic N) is 3. The van der Waals surface area contributed by atoms with Gasteiger partial charge < -0.3 is 4.74 Å². The number of hydrogen-bond acceptors (Lipinski definition) is 6. The summed E-state index contributed by atoms with van der Waals surface area (Å²) in [5.74, 6) is 1.59. The highest BCUT2D eigenvalue weighted by Gasteiger charge is 2.26. The molecule has 0 bridgehead atoms. The van der Waals surface area contributed by atoms with E-state index < -0.39 is 0 Å². The van der Waals surface area contributed by atoms with Gasteiger partial charge in [0.25, 0.3) is 0 Å². The van der Waals surface area contributed by atoms with Crippen LogP contribution >= 0.6 is 11.3 Å². The highest BCUT2D eigenvalue weighted by Crippen LogP contribution is 2.35. The van der Waals surface area contributed by atoms with E-state index >= 15 is 0 Å². The number of thiazole rings is 1. The van der Waals surface area contributed by atoms with E-state index in [4.69, 9.17) is 9.72 Å². The van der Waals surface area contributed by atoms with Crippen molar-refractivity contribution >= 4 is 33.6 Å². The van der Waals surface area contributed by atoms with Gasteiger partial charge in [-0.15, -0.1) is 11.3 Å². The van der Waals surface area contributed by atoms with Crippen LogP contribution in [0.2, 0.25) is 0 Å². The number of carbonyl (C=O) groups excluding carboxylic acids is 1. The Morgan fingerprint density at radius 2 is 1.97 bits per heavy atom. The van der Waals surface area contributed by atoms with Crippen LogP contribution in [0.15, 0.2) is 42.6 Å². The fraction of sp³-hybridized carbons (Fsp3) is 0.500. The highest BCUT2D eigenvalue weighted by molar-refractivity contribution is 7.12. The Bertz CT molecular complexity index is 1250. The Kier molecular flexibility index (Phi) is 7.26. The molecule has 0 saturated heterocycles. The van der Waals surface area contributed by atoms with Gasteiger partial charge in [0.05, 0.1) is 24.4 Å². The minimum absolute atomic E-state index is 0.278. The van der Waals surface area contributed by atoms with Crippen LogP contribution in [0.4, 0.5) is 0 Å². The van der Waals surface area contributed by atoms with Crippen molar-refractivity contribution in [1.82, 2.24) is 14.9 Å². The predicted molar refractivity (Wildman–Crippen MR) is 145 cm³/mol. The molecule has 0 radical (unpaired) electrons. The lowest BCUT2D eigenvalue weighted by Gasteiger charge is -2.31. The molecule has 36 heavy (non-hydrogen) atoms. The van der Waals surface area contributed by atoms with Crippen LogP contribution in [0.3, 0.4) is 0 Å². The molecule has 6 heteroatoms. The van der Waals surface area contributed by atoms with Crippen molar-refractivity contribution in [2.24, 2.45) is 11.8 Å². The van der Waals surface area contributed by atoms with Crippen LogP contribution in [0.25, 0.3) is 16.5 Å². The number of carbonyl (C=O) groups is 1. The number of hydrogen-bond donors (Lipinski definition) is 0. The normalized spacial score (nSPS) is 22.8. The molecule has 0 N–H and O–H groups in total. The smallest absolute Gasteiger partial charge is 0.163 e. The Morgan fingerprint density at radius 1 is 1.08 bits per heavy atom. The molecule has 2 aliphatic heterocycles. The quantitative estimate of drug-likeness (QED) is 0.355. The van der Waals surface area contributed by atoms with Gasteiger partial charge in [-0.05, 0) is 68.2 Å². The summed E-state index contributed by atoms with van der Waals surface area (Å²) in [5.41, 5.74) is 4.43. The van der Waals surface area contributed by atoms with E-state index in [-0.39, 0.29) is 5.78 Å². The summed E-state index contributed by atoms with van der Waals surface area (Å²) in [6.45, 7) is 4.86. The van der Waals surface area contributed by atoms with Gasteiger partial charge in [-0.25, -0.2) is 4.98 Å². The van der Waals surface area contributed by atoms with E-state index in [1.54, 1.807) is 6.20 Å². The van der Waals surface area contributed by atoms with E-state index in [0.717, 1.165) is 61.5 Å². The third kappa shape index (κ3) is 5.31. The van der Waals surface area contributed by atoms with Crippen molar-refractivity contribution < 1.29 is 9.53 Å². The maximum atomic E-state index is 13.1. The highest BCUT2D eigenvalue weighted by atomic mass is 32.1. The van der Waals surface area contributed by atoms with Crippen LogP contribution in [0, 0.1) is 11.8 Å². The van der Waals surface area contributed by atoms with Gasteiger partial charge in [-0.2, -0.15) is 0 Å². The Morgan fingerprint density at radius 3 is 2.83 bits per heavy atom. The maximum absolute atomic E-state index is 13.1. The van der Waals surface area contributed by atoms with E-state index in [0.29, 0.717) is 12.3 Å². The lowest BCUT2D eigenvalue weighted by Crippen LogP contribution is -2.32. The largest absolute Gasteiger partial charge is 0.377 e. The average molecular weight is 502 g/mol. The van der Waals surface area contributed by atoms with Crippen molar-refractivity contribution in [2.75, 3.05) is 26.3 Å². The first-order chi connectivity index (χ1) is 17.7. The second kappa shape index (κ2) is 10.9. The first kappa shape index (κ1) is 24.0.